The molecule has 2 nitrogen and oxygen atoms in total. The summed E-state index contributed by atoms with van der Waals surface area (Å²) in [6, 6.07) is 16.7. The average Bonchev–Trinajstić information content (AvgIpc) is 2.31. The van der Waals surface area contributed by atoms with Gasteiger partial charge in [0.25, 0.3) is 0 Å². The monoisotopic (exact) mass is 393 g/mol. The van der Waals surface area contributed by atoms with Gasteiger partial charge in [0.1, 0.15) is 0 Å². The van der Waals surface area contributed by atoms with Gasteiger partial charge < -0.3 is 5.11 Å². The summed E-state index contributed by atoms with van der Waals surface area (Å²) in [5.74, 6) is 0. The molecule has 0 aliphatic rings. The molecular weight excluding hydrogens is 381 g/mol. The van der Waals surface area contributed by atoms with Gasteiger partial charge in [-0.25, -0.2) is 0 Å². The predicted molar refractivity (Wildman–Crippen MR) is 58.2 cm³/mol. The van der Waals surface area contributed by atoms with Gasteiger partial charge in [-0.05, 0) is 18.6 Å². The van der Waals surface area contributed by atoms with Crippen LogP contribution in [0.5, 0.6) is 0 Å². The Morgan fingerprint density at radius 2 is 1.88 bits per heavy atom. The Kier molecular flexibility index (Phi) is 5.37. The van der Waals surface area contributed by atoms with Gasteiger partial charge in [0, 0.05) is 26.8 Å². The molecule has 1 aromatic carbocycles. The van der Waals surface area contributed by atoms with Crippen molar-refractivity contribution in [3.63, 3.8) is 0 Å². The first-order valence-electron chi connectivity index (χ1n) is 4.90. The van der Waals surface area contributed by atoms with E-state index in [9.17, 15) is 0 Å². The minimum absolute atomic E-state index is 0. The molecule has 2 rings (SSSR count). The number of hydrogen-bond acceptors (Lipinski definition) is 2. The van der Waals surface area contributed by atoms with Crippen LogP contribution in [0.3, 0.4) is 0 Å². The molecule has 0 aliphatic heterocycles. The Balaban J connectivity index is 0.00000128. The van der Waals surface area contributed by atoms with Crippen LogP contribution in [0.4, 0.5) is 0 Å². The van der Waals surface area contributed by atoms with Gasteiger partial charge in [-0.2, -0.15) is 35.9 Å². The maximum atomic E-state index is 8.96. The van der Waals surface area contributed by atoms with Crippen LogP contribution in [-0.2, 0) is 34.1 Å². The summed E-state index contributed by atoms with van der Waals surface area (Å²) in [5, 5.41) is 8.96. The van der Waals surface area contributed by atoms with E-state index in [4.69, 9.17) is 5.11 Å². The third kappa shape index (κ3) is 3.55. The van der Waals surface area contributed by atoms with Gasteiger partial charge in [-0.15, -0.1) is 0 Å². The zero-order valence-corrected chi connectivity index (χ0v) is 10.9. The van der Waals surface area contributed by atoms with Crippen LogP contribution < -0.4 is 0 Å². The minimum Gasteiger partial charge on any atom is -0.390 e. The summed E-state index contributed by atoms with van der Waals surface area (Å²) < 4.78 is 0. The Labute approximate surface area is 110 Å². The first kappa shape index (κ1) is 13.1. The van der Waals surface area contributed by atoms with E-state index in [1.54, 1.807) is 0 Å². The van der Waals surface area contributed by atoms with Gasteiger partial charge in [-0.1, -0.05) is 6.07 Å². The molecule has 3 heteroatoms. The third-order valence-electron chi connectivity index (χ3n) is 2.17. The molecule has 0 amide bonds. The Hall–Kier alpha value is -0.982. The van der Waals surface area contributed by atoms with Gasteiger partial charge in [0.2, 0.25) is 0 Å². The van der Waals surface area contributed by atoms with Crippen LogP contribution in [-0.4, -0.2) is 10.1 Å². The van der Waals surface area contributed by atoms with Crippen LogP contribution in [0.15, 0.2) is 42.5 Å². The van der Waals surface area contributed by atoms with Gasteiger partial charge in [0.15, 0.2) is 0 Å². The van der Waals surface area contributed by atoms with E-state index in [-0.39, 0.29) is 27.7 Å². The van der Waals surface area contributed by atoms with Crippen LogP contribution in [0.2, 0.25) is 0 Å². The number of aliphatic hydroxyl groups excluding tert-OH is 1. The van der Waals surface area contributed by atoms with Gasteiger partial charge in [0.05, 0.1) is 12.3 Å². The molecule has 16 heavy (non-hydrogen) atoms. The topological polar surface area (TPSA) is 33.1 Å². The van der Waals surface area contributed by atoms with Crippen molar-refractivity contribution in [2.75, 3.05) is 0 Å². The van der Waals surface area contributed by atoms with E-state index < -0.39 is 0 Å². The molecule has 1 N–H and O–H groups in total. The van der Waals surface area contributed by atoms with Crippen molar-refractivity contribution < 1.29 is 26.2 Å². The van der Waals surface area contributed by atoms with E-state index in [1.165, 1.54) is 0 Å². The average molecular weight is 393 g/mol. The third-order valence-corrected chi connectivity index (χ3v) is 2.17. The van der Waals surface area contributed by atoms with Gasteiger partial charge in [-0.3, -0.25) is 4.98 Å². The molecule has 0 radical (unpaired) electrons. The number of aromatic nitrogens is 1. The second kappa shape index (κ2) is 6.57. The van der Waals surface area contributed by atoms with Crippen LogP contribution >= 0.6 is 0 Å². The second-order valence-electron chi connectivity index (χ2n) is 3.34. The zero-order chi connectivity index (χ0) is 10.5. The standard InChI is InChI=1S/C13H12NO.Pt/c15-10-13-8-4-7-12(14-13)9-11-5-2-1-3-6-11;/h1-5,7-8,15H,9-10H2;/q-1;. The van der Waals surface area contributed by atoms with Crippen LogP contribution in [0.1, 0.15) is 17.0 Å². The number of nitrogens with zero attached hydrogens (tertiary/aromatic N) is 1. The maximum absolute atomic E-state index is 8.96. The fourth-order valence-corrected chi connectivity index (χ4v) is 1.45. The van der Waals surface area contributed by atoms with Crippen molar-refractivity contribution in [3.8, 4) is 0 Å². The first-order chi connectivity index (χ1) is 7.38. The van der Waals surface area contributed by atoms with E-state index in [0.29, 0.717) is 5.69 Å². The van der Waals surface area contributed by atoms with Gasteiger partial charge >= 0.3 is 0 Å². The molecule has 0 saturated heterocycles. The van der Waals surface area contributed by atoms with Crippen LogP contribution in [0.25, 0.3) is 0 Å². The van der Waals surface area contributed by atoms with Crippen molar-refractivity contribution in [3.05, 3.63) is 65.5 Å². The minimum atomic E-state index is -0.00760. The predicted octanol–water partition coefficient (Wildman–Crippen LogP) is 1.96. The van der Waals surface area contributed by atoms with Crippen LogP contribution in [0, 0.1) is 6.07 Å². The molecule has 0 unspecified atom stereocenters. The summed E-state index contributed by atoms with van der Waals surface area (Å²) in [5.41, 5.74) is 2.78. The van der Waals surface area contributed by atoms with E-state index >= 15 is 0 Å². The molecule has 0 aliphatic carbocycles. The van der Waals surface area contributed by atoms with E-state index in [2.05, 4.69) is 11.1 Å². The van der Waals surface area contributed by atoms with Crippen molar-refractivity contribution >= 4 is 0 Å². The van der Waals surface area contributed by atoms with Crippen molar-refractivity contribution in [2.45, 2.75) is 13.0 Å². The number of rotatable bonds is 3. The molecule has 86 valence electrons. The number of hydrogen-bond donors (Lipinski definition) is 1. The normalized spacial score (nSPS) is 9.56. The van der Waals surface area contributed by atoms with Crippen molar-refractivity contribution in [2.24, 2.45) is 0 Å². The molecular formula is C13H12NOPt-. The van der Waals surface area contributed by atoms with E-state index in [1.807, 2.05) is 42.5 Å². The molecule has 1 heterocycles. The molecule has 0 spiro atoms. The second-order valence-corrected chi connectivity index (χ2v) is 3.34. The Morgan fingerprint density at radius 3 is 2.56 bits per heavy atom. The Bertz CT molecular complexity index is 431. The number of benzene rings is 1. The largest absolute Gasteiger partial charge is 0.390 e. The quantitative estimate of drug-likeness (QED) is 0.809. The summed E-state index contributed by atoms with van der Waals surface area (Å²) in [6.07, 6.45) is 0.759. The summed E-state index contributed by atoms with van der Waals surface area (Å²) in [6.45, 7) is -0.00760. The SMILES string of the molecule is OCc1cccc(Cc2[c-]cccc2)n1.[Pt]. The number of aliphatic hydroxyl groups is 1. The zero-order valence-electron chi connectivity index (χ0n) is 8.67. The van der Waals surface area contributed by atoms with Crippen molar-refractivity contribution in [1.29, 1.82) is 0 Å². The summed E-state index contributed by atoms with van der Waals surface area (Å²) in [7, 11) is 0. The fraction of sp³-hybridized carbons (Fsp3) is 0.154. The van der Waals surface area contributed by atoms with E-state index in [0.717, 1.165) is 17.7 Å². The first-order valence-corrected chi connectivity index (χ1v) is 4.90. The molecule has 0 atom stereocenters. The smallest absolute Gasteiger partial charge is 0.0853 e. The molecule has 2 aromatic rings. The molecule has 0 bridgehead atoms. The number of pyridine rings is 1. The summed E-state index contributed by atoms with van der Waals surface area (Å²) >= 11 is 0. The van der Waals surface area contributed by atoms with Crippen molar-refractivity contribution in [1.82, 2.24) is 4.98 Å². The molecule has 1 aromatic heterocycles. The molecule has 0 fully saturated rings. The maximum Gasteiger partial charge on any atom is 0.0853 e. The molecule has 0 saturated carbocycles. The fourth-order valence-electron chi connectivity index (χ4n) is 1.45. The Morgan fingerprint density at radius 1 is 1.06 bits per heavy atom. The summed E-state index contributed by atoms with van der Waals surface area (Å²) in [4.78, 5) is 4.32.